The lowest BCUT2D eigenvalue weighted by atomic mass is 9.82. The molecule has 0 heterocycles. The predicted molar refractivity (Wildman–Crippen MR) is 82.7 cm³/mol. The summed E-state index contributed by atoms with van der Waals surface area (Å²) in [5.41, 5.74) is 0.948. The minimum absolute atomic E-state index is 0.0322. The van der Waals surface area contributed by atoms with Crippen molar-refractivity contribution in [3.63, 3.8) is 0 Å². The highest BCUT2D eigenvalue weighted by atomic mass is 19.1. The van der Waals surface area contributed by atoms with Gasteiger partial charge in [-0.15, -0.1) is 0 Å². The molecule has 0 aliphatic heterocycles. The standard InChI is InChI=1S/C17H26FNO2/c1-16(2,3)11-17(4,5)19-10-12-7-8-13(14(18)9-12)15(20)21-6/h7-9,19H,10-11H2,1-6H3. The van der Waals surface area contributed by atoms with E-state index in [1.165, 1.54) is 19.2 Å². The van der Waals surface area contributed by atoms with E-state index in [1.54, 1.807) is 6.07 Å². The molecule has 0 saturated heterocycles. The second kappa shape index (κ2) is 6.56. The zero-order chi connectivity index (χ0) is 16.3. The lowest BCUT2D eigenvalue weighted by Crippen LogP contribution is -2.41. The fourth-order valence-corrected chi connectivity index (χ4v) is 2.67. The highest BCUT2D eigenvalue weighted by Gasteiger charge is 2.24. The van der Waals surface area contributed by atoms with Crippen molar-refractivity contribution in [3.8, 4) is 0 Å². The first-order valence-electron chi connectivity index (χ1n) is 7.16. The monoisotopic (exact) mass is 295 g/mol. The average molecular weight is 295 g/mol. The van der Waals surface area contributed by atoms with Crippen molar-refractivity contribution in [2.75, 3.05) is 7.11 Å². The van der Waals surface area contributed by atoms with Gasteiger partial charge in [-0.25, -0.2) is 9.18 Å². The molecule has 0 aliphatic rings. The molecular weight excluding hydrogens is 269 g/mol. The molecule has 0 amide bonds. The van der Waals surface area contributed by atoms with Crippen molar-refractivity contribution < 1.29 is 13.9 Å². The maximum absolute atomic E-state index is 13.8. The molecule has 1 N–H and O–H groups in total. The van der Waals surface area contributed by atoms with Crippen molar-refractivity contribution in [1.29, 1.82) is 0 Å². The summed E-state index contributed by atoms with van der Waals surface area (Å²) in [6, 6.07) is 4.59. The van der Waals surface area contributed by atoms with E-state index in [4.69, 9.17) is 0 Å². The van der Waals surface area contributed by atoms with E-state index < -0.39 is 11.8 Å². The van der Waals surface area contributed by atoms with Crippen LogP contribution in [0.4, 0.5) is 4.39 Å². The Kier molecular flexibility index (Phi) is 5.51. The number of hydrogen-bond acceptors (Lipinski definition) is 3. The van der Waals surface area contributed by atoms with Crippen LogP contribution in [0.5, 0.6) is 0 Å². The number of benzene rings is 1. The summed E-state index contributed by atoms with van der Waals surface area (Å²) in [7, 11) is 1.24. The Balaban J connectivity index is 2.72. The molecule has 0 fully saturated rings. The highest BCUT2D eigenvalue weighted by molar-refractivity contribution is 5.89. The molecule has 0 saturated carbocycles. The van der Waals surface area contributed by atoms with Gasteiger partial charge < -0.3 is 10.1 Å². The smallest absolute Gasteiger partial charge is 0.340 e. The summed E-state index contributed by atoms with van der Waals surface area (Å²) >= 11 is 0. The summed E-state index contributed by atoms with van der Waals surface area (Å²) in [5, 5.41) is 3.44. The van der Waals surface area contributed by atoms with Gasteiger partial charge in [0.05, 0.1) is 12.7 Å². The molecule has 21 heavy (non-hydrogen) atoms. The van der Waals surface area contributed by atoms with Crippen LogP contribution in [0.2, 0.25) is 0 Å². The summed E-state index contributed by atoms with van der Waals surface area (Å²) in [4.78, 5) is 11.3. The molecule has 0 aromatic heterocycles. The number of halogens is 1. The Morgan fingerprint density at radius 3 is 2.33 bits per heavy atom. The molecule has 1 aromatic rings. The van der Waals surface area contributed by atoms with Gasteiger partial charge >= 0.3 is 5.97 Å². The van der Waals surface area contributed by atoms with Crippen molar-refractivity contribution >= 4 is 5.97 Å². The van der Waals surface area contributed by atoms with Crippen LogP contribution in [-0.2, 0) is 11.3 Å². The van der Waals surface area contributed by atoms with E-state index in [0.717, 1.165) is 12.0 Å². The van der Waals surface area contributed by atoms with Gasteiger partial charge in [-0.1, -0.05) is 26.8 Å². The Bertz CT molecular complexity index is 504. The second-order valence-corrected chi connectivity index (χ2v) is 7.28. The van der Waals surface area contributed by atoms with E-state index in [1.807, 2.05) is 0 Å². The average Bonchev–Trinajstić information content (AvgIpc) is 2.33. The first kappa shape index (κ1) is 17.6. The number of ether oxygens (including phenoxy) is 1. The Morgan fingerprint density at radius 1 is 1.24 bits per heavy atom. The summed E-state index contributed by atoms with van der Waals surface area (Å²) in [6.07, 6.45) is 1.00. The van der Waals surface area contributed by atoms with Gasteiger partial charge in [0, 0.05) is 12.1 Å². The van der Waals surface area contributed by atoms with Crippen molar-refractivity contribution in [2.24, 2.45) is 5.41 Å². The molecule has 4 heteroatoms. The van der Waals surface area contributed by atoms with Crippen LogP contribution in [0.25, 0.3) is 0 Å². The molecule has 1 aromatic carbocycles. The lowest BCUT2D eigenvalue weighted by molar-refractivity contribution is 0.0595. The maximum atomic E-state index is 13.8. The number of rotatable bonds is 5. The third kappa shape index (κ3) is 5.84. The van der Waals surface area contributed by atoms with Crippen LogP contribution in [0.3, 0.4) is 0 Å². The maximum Gasteiger partial charge on any atom is 0.340 e. The first-order chi connectivity index (χ1) is 9.54. The zero-order valence-corrected chi connectivity index (χ0v) is 13.8. The van der Waals surface area contributed by atoms with Gasteiger partial charge in [0.2, 0.25) is 0 Å². The summed E-state index contributed by atoms with van der Waals surface area (Å²) in [5.74, 6) is -1.20. The summed E-state index contributed by atoms with van der Waals surface area (Å²) < 4.78 is 18.4. The van der Waals surface area contributed by atoms with Gasteiger partial charge in [0.25, 0.3) is 0 Å². The number of methoxy groups -OCH3 is 1. The minimum atomic E-state index is -0.653. The highest BCUT2D eigenvalue weighted by Crippen LogP contribution is 2.27. The van der Waals surface area contributed by atoms with Crippen LogP contribution in [0.1, 0.15) is 57.0 Å². The Hall–Kier alpha value is -1.42. The number of esters is 1. The quantitative estimate of drug-likeness (QED) is 0.837. The third-order valence-electron chi connectivity index (χ3n) is 3.18. The van der Waals surface area contributed by atoms with E-state index in [9.17, 15) is 9.18 Å². The topological polar surface area (TPSA) is 38.3 Å². The molecule has 1 rings (SSSR count). The van der Waals surface area contributed by atoms with Crippen molar-refractivity contribution in [3.05, 3.63) is 35.1 Å². The Labute approximate surface area is 126 Å². The Morgan fingerprint density at radius 2 is 1.86 bits per heavy atom. The largest absolute Gasteiger partial charge is 0.465 e. The minimum Gasteiger partial charge on any atom is -0.465 e. The molecule has 0 unspecified atom stereocenters. The molecule has 3 nitrogen and oxygen atoms in total. The fourth-order valence-electron chi connectivity index (χ4n) is 2.67. The third-order valence-corrected chi connectivity index (χ3v) is 3.18. The van der Waals surface area contributed by atoms with Crippen molar-refractivity contribution in [1.82, 2.24) is 5.32 Å². The number of carbonyl (C=O) groups is 1. The second-order valence-electron chi connectivity index (χ2n) is 7.28. The zero-order valence-electron chi connectivity index (χ0n) is 13.8. The number of nitrogens with one attached hydrogen (secondary N) is 1. The lowest BCUT2D eigenvalue weighted by Gasteiger charge is -2.33. The number of carbonyl (C=O) groups excluding carboxylic acids is 1. The van der Waals surface area contributed by atoms with Crippen LogP contribution >= 0.6 is 0 Å². The molecule has 0 spiro atoms. The van der Waals surface area contributed by atoms with Gasteiger partial charge in [-0.05, 0) is 43.4 Å². The normalized spacial score (nSPS) is 12.3. The SMILES string of the molecule is COC(=O)c1ccc(CNC(C)(C)CC(C)(C)C)cc1F. The fraction of sp³-hybridized carbons (Fsp3) is 0.588. The summed E-state index contributed by atoms with van der Waals surface area (Å²) in [6.45, 7) is 11.4. The molecular formula is C17H26FNO2. The molecule has 0 bridgehead atoms. The van der Waals surface area contributed by atoms with E-state index in [2.05, 4.69) is 44.7 Å². The van der Waals surface area contributed by atoms with Gasteiger partial charge in [-0.3, -0.25) is 0 Å². The van der Waals surface area contributed by atoms with Gasteiger partial charge in [-0.2, -0.15) is 0 Å². The van der Waals surface area contributed by atoms with Crippen molar-refractivity contribution in [2.45, 2.75) is 53.1 Å². The predicted octanol–water partition coefficient (Wildman–Crippen LogP) is 3.92. The van der Waals surface area contributed by atoms with Crippen LogP contribution in [0, 0.1) is 11.2 Å². The van der Waals surface area contributed by atoms with E-state index in [0.29, 0.717) is 6.54 Å². The molecule has 118 valence electrons. The molecule has 0 atom stereocenters. The first-order valence-corrected chi connectivity index (χ1v) is 7.16. The van der Waals surface area contributed by atoms with E-state index >= 15 is 0 Å². The van der Waals surface area contributed by atoms with Crippen LogP contribution in [-0.4, -0.2) is 18.6 Å². The van der Waals surface area contributed by atoms with Gasteiger partial charge in [0.15, 0.2) is 0 Å². The molecule has 0 aliphatic carbocycles. The van der Waals surface area contributed by atoms with Crippen LogP contribution < -0.4 is 5.32 Å². The number of hydrogen-bond donors (Lipinski definition) is 1. The van der Waals surface area contributed by atoms with Gasteiger partial charge in [0.1, 0.15) is 5.82 Å². The molecule has 0 radical (unpaired) electrons. The van der Waals surface area contributed by atoms with E-state index in [-0.39, 0.29) is 16.5 Å². The van der Waals surface area contributed by atoms with Crippen LogP contribution in [0.15, 0.2) is 18.2 Å².